The zero-order chi connectivity index (χ0) is 16.7. The SMILES string of the molecule is COCCC(=O)N1CCCN(C(=O)CCn2nccc2C)CC1. The van der Waals surface area contributed by atoms with E-state index in [-0.39, 0.29) is 11.8 Å². The van der Waals surface area contributed by atoms with Crippen molar-refractivity contribution in [1.29, 1.82) is 0 Å². The van der Waals surface area contributed by atoms with E-state index in [1.54, 1.807) is 13.3 Å². The molecule has 0 saturated carbocycles. The van der Waals surface area contributed by atoms with E-state index in [1.807, 2.05) is 27.5 Å². The van der Waals surface area contributed by atoms with E-state index in [0.717, 1.165) is 12.1 Å². The topological polar surface area (TPSA) is 67.7 Å². The van der Waals surface area contributed by atoms with Crippen LogP contribution in [0.5, 0.6) is 0 Å². The van der Waals surface area contributed by atoms with E-state index in [0.29, 0.717) is 52.2 Å². The van der Waals surface area contributed by atoms with Crippen molar-refractivity contribution in [2.75, 3.05) is 39.9 Å². The molecule has 2 amide bonds. The predicted molar refractivity (Wildman–Crippen MR) is 85.9 cm³/mol. The fraction of sp³-hybridized carbons (Fsp3) is 0.688. The molecule has 1 fully saturated rings. The molecule has 7 heteroatoms. The summed E-state index contributed by atoms with van der Waals surface area (Å²) in [7, 11) is 1.59. The minimum absolute atomic E-state index is 0.105. The van der Waals surface area contributed by atoms with Crippen LogP contribution >= 0.6 is 0 Å². The van der Waals surface area contributed by atoms with Gasteiger partial charge in [0.1, 0.15) is 0 Å². The van der Waals surface area contributed by atoms with Crippen molar-refractivity contribution in [3.8, 4) is 0 Å². The normalized spacial score (nSPS) is 15.6. The standard InChI is InChI=1S/C16H26N4O3/c1-14-4-7-17-20(14)10-5-15(21)18-8-3-9-19(12-11-18)16(22)6-13-23-2/h4,7H,3,5-6,8-13H2,1-2H3. The molecule has 128 valence electrons. The number of carbonyl (C=O) groups is 2. The van der Waals surface area contributed by atoms with Crippen molar-refractivity contribution in [3.05, 3.63) is 18.0 Å². The molecule has 0 N–H and O–H groups in total. The van der Waals surface area contributed by atoms with Gasteiger partial charge in [-0.15, -0.1) is 0 Å². The summed E-state index contributed by atoms with van der Waals surface area (Å²) in [5, 5.41) is 4.20. The van der Waals surface area contributed by atoms with Crippen molar-refractivity contribution in [2.45, 2.75) is 32.7 Å². The third kappa shape index (κ3) is 5.06. The molecule has 0 radical (unpaired) electrons. The van der Waals surface area contributed by atoms with E-state index in [9.17, 15) is 9.59 Å². The van der Waals surface area contributed by atoms with Crippen LogP contribution in [-0.2, 0) is 20.9 Å². The van der Waals surface area contributed by atoms with Crippen LogP contribution in [0.2, 0.25) is 0 Å². The number of aryl methyl sites for hydroxylation is 2. The Bertz CT molecular complexity index is 529. The molecule has 1 aromatic heterocycles. The first kappa shape index (κ1) is 17.5. The summed E-state index contributed by atoms with van der Waals surface area (Å²) in [6.45, 7) is 5.67. The van der Waals surface area contributed by atoms with Crippen LogP contribution in [0.25, 0.3) is 0 Å². The Labute approximate surface area is 137 Å². The highest BCUT2D eigenvalue weighted by Crippen LogP contribution is 2.08. The molecule has 1 saturated heterocycles. The van der Waals surface area contributed by atoms with Gasteiger partial charge in [0.2, 0.25) is 11.8 Å². The van der Waals surface area contributed by atoms with E-state index in [2.05, 4.69) is 5.10 Å². The largest absolute Gasteiger partial charge is 0.384 e. The van der Waals surface area contributed by atoms with E-state index in [1.165, 1.54) is 0 Å². The van der Waals surface area contributed by atoms with E-state index >= 15 is 0 Å². The van der Waals surface area contributed by atoms with Crippen LogP contribution in [0, 0.1) is 6.92 Å². The van der Waals surface area contributed by atoms with Crippen LogP contribution < -0.4 is 0 Å². The zero-order valence-electron chi connectivity index (χ0n) is 14.0. The van der Waals surface area contributed by atoms with Gasteiger partial charge in [0.05, 0.1) is 13.0 Å². The monoisotopic (exact) mass is 322 g/mol. The molecular weight excluding hydrogens is 296 g/mol. The predicted octanol–water partition coefficient (Wildman–Crippen LogP) is 0.679. The molecule has 0 spiro atoms. The maximum atomic E-state index is 12.4. The van der Waals surface area contributed by atoms with Crippen LogP contribution in [0.4, 0.5) is 0 Å². The lowest BCUT2D eigenvalue weighted by Crippen LogP contribution is -2.37. The maximum absolute atomic E-state index is 12.4. The van der Waals surface area contributed by atoms with E-state index < -0.39 is 0 Å². The summed E-state index contributed by atoms with van der Waals surface area (Å²) in [5.74, 6) is 0.236. The first-order valence-corrected chi connectivity index (χ1v) is 8.14. The third-order valence-corrected chi connectivity index (χ3v) is 4.19. The molecule has 1 aliphatic heterocycles. The number of hydrogen-bond acceptors (Lipinski definition) is 4. The molecule has 1 aromatic rings. The smallest absolute Gasteiger partial charge is 0.224 e. The summed E-state index contributed by atoms with van der Waals surface area (Å²) in [5.41, 5.74) is 1.06. The van der Waals surface area contributed by atoms with Crippen molar-refractivity contribution >= 4 is 11.8 Å². The second-order valence-corrected chi connectivity index (χ2v) is 5.80. The number of ether oxygens (including phenoxy) is 1. The Morgan fingerprint density at radius 1 is 1.13 bits per heavy atom. The molecule has 23 heavy (non-hydrogen) atoms. The lowest BCUT2D eigenvalue weighted by molar-refractivity contribution is -0.134. The van der Waals surface area contributed by atoms with Gasteiger partial charge in [-0.25, -0.2) is 0 Å². The Kier molecular flexibility index (Phi) is 6.58. The summed E-state index contributed by atoms with van der Waals surface area (Å²) in [6, 6.07) is 1.93. The molecule has 0 unspecified atom stereocenters. The van der Waals surface area contributed by atoms with Crippen molar-refractivity contribution in [2.24, 2.45) is 0 Å². The number of amides is 2. The molecule has 1 aliphatic rings. The van der Waals surface area contributed by atoms with Gasteiger partial charge in [-0.3, -0.25) is 14.3 Å². The van der Waals surface area contributed by atoms with Crippen LogP contribution in [0.15, 0.2) is 12.3 Å². The minimum Gasteiger partial charge on any atom is -0.384 e. The molecule has 0 bridgehead atoms. The van der Waals surface area contributed by atoms with Crippen LogP contribution in [0.1, 0.15) is 25.0 Å². The van der Waals surface area contributed by atoms with Crippen LogP contribution in [-0.4, -0.2) is 71.3 Å². The number of nitrogens with zero attached hydrogens (tertiary/aromatic N) is 4. The maximum Gasteiger partial charge on any atom is 0.224 e. The summed E-state index contributed by atoms with van der Waals surface area (Å²) in [4.78, 5) is 28.1. The number of rotatable bonds is 6. The van der Waals surface area contributed by atoms with Gasteiger partial charge >= 0.3 is 0 Å². The summed E-state index contributed by atoms with van der Waals surface area (Å²) < 4.78 is 6.79. The number of methoxy groups -OCH3 is 1. The summed E-state index contributed by atoms with van der Waals surface area (Å²) >= 11 is 0. The van der Waals surface area contributed by atoms with Gasteiger partial charge in [0, 0.05) is 58.1 Å². The van der Waals surface area contributed by atoms with E-state index in [4.69, 9.17) is 4.74 Å². The molecule has 0 aromatic carbocycles. The van der Waals surface area contributed by atoms with Crippen molar-refractivity contribution in [3.63, 3.8) is 0 Å². The van der Waals surface area contributed by atoms with Gasteiger partial charge in [-0.2, -0.15) is 5.10 Å². The lowest BCUT2D eigenvalue weighted by atomic mass is 10.3. The second-order valence-electron chi connectivity index (χ2n) is 5.80. The Balaban J connectivity index is 1.79. The Morgan fingerprint density at radius 3 is 2.35 bits per heavy atom. The average molecular weight is 322 g/mol. The van der Waals surface area contributed by atoms with Crippen molar-refractivity contribution < 1.29 is 14.3 Å². The fourth-order valence-corrected chi connectivity index (χ4v) is 2.76. The molecule has 2 heterocycles. The van der Waals surface area contributed by atoms with Gasteiger partial charge in [-0.05, 0) is 19.4 Å². The number of hydrogen-bond donors (Lipinski definition) is 0. The molecule has 2 rings (SSSR count). The van der Waals surface area contributed by atoms with Crippen molar-refractivity contribution in [1.82, 2.24) is 19.6 Å². The number of aromatic nitrogens is 2. The minimum atomic E-state index is 0.105. The van der Waals surface area contributed by atoms with Gasteiger partial charge in [0.25, 0.3) is 0 Å². The van der Waals surface area contributed by atoms with Gasteiger partial charge in [0.15, 0.2) is 0 Å². The molecular formula is C16H26N4O3. The Morgan fingerprint density at radius 2 is 1.78 bits per heavy atom. The second kappa shape index (κ2) is 8.67. The highest BCUT2D eigenvalue weighted by Gasteiger charge is 2.21. The number of carbonyl (C=O) groups excluding carboxylic acids is 2. The zero-order valence-corrected chi connectivity index (χ0v) is 14.0. The first-order chi connectivity index (χ1) is 11.1. The molecule has 0 atom stereocenters. The first-order valence-electron chi connectivity index (χ1n) is 8.14. The third-order valence-electron chi connectivity index (χ3n) is 4.19. The molecule has 0 aliphatic carbocycles. The quantitative estimate of drug-likeness (QED) is 0.772. The highest BCUT2D eigenvalue weighted by molar-refractivity contribution is 5.77. The summed E-state index contributed by atoms with van der Waals surface area (Å²) in [6.07, 6.45) is 3.42. The molecule has 7 nitrogen and oxygen atoms in total. The lowest BCUT2D eigenvalue weighted by Gasteiger charge is -2.22. The van der Waals surface area contributed by atoms with Gasteiger partial charge < -0.3 is 14.5 Å². The van der Waals surface area contributed by atoms with Gasteiger partial charge in [-0.1, -0.05) is 0 Å². The highest BCUT2D eigenvalue weighted by atomic mass is 16.5. The fourth-order valence-electron chi connectivity index (χ4n) is 2.76. The Hall–Kier alpha value is -1.89. The van der Waals surface area contributed by atoms with Crippen LogP contribution in [0.3, 0.4) is 0 Å². The average Bonchev–Trinajstić information content (AvgIpc) is 2.81.